The van der Waals surface area contributed by atoms with Crippen molar-refractivity contribution < 1.29 is 0 Å². The van der Waals surface area contributed by atoms with Crippen LogP contribution in [0.2, 0.25) is 0 Å². The van der Waals surface area contributed by atoms with Crippen LogP contribution in [0.4, 0.5) is 0 Å². The van der Waals surface area contributed by atoms with E-state index in [9.17, 15) is 0 Å². The number of rotatable bonds is 4. The van der Waals surface area contributed by atoms with Crippen LogP contribution in [0, 0.1) is 11.8 Å². The Morgan fingerprint density at radius 3 is 2.43 bits per heavy atom. The van der Waals surface area contributed by atoms with Gasteiger partial charge in [-0.15, -0.1) is 0 Å². The van der Waals surface area contributed by atoms with Crippen LogP contribution in [0.3, 0.4) is 0 Å². The van der Waals surface area contributed by atoms with E-state index in [2.05, 4.69) is 32.3 Å². The summed E-state index contributed by atoms with van der Waals surface area (Å²) in [6, 6.07) is 0. The van der Waals surface area contributed by atoms with Crippen LogP contribution in [-0.4, -0.2) is 18.0 Å². The van der Waals surface area contributed by atoms with E-state index >= 15 is 0 Å². The SMILES string of the molecule is C=C(CCC(C)C)N1CCC(C)CC1. The van der Waals surface area contributed by atoms with Crippen molar-refractivity contribution in [2.24, 2.45) is 11.8 Å². The Bertz CT molecular complexity index is 176. The van der Waals surface area contributed by atoms with Crippen LogP contribution < -0.4 is 0 Å². The molecule has 82 valence electrons. The molecule has 0 radical (unpaired) electrons. The molecular formula is C13H25N. The number of hydrogen-bond acceptors (Lipinski definition) is 1. The van der Waals surface area contributed by atoms with Gasteiger partial charge in [-0.1, -0.05) is 27.4 Å². The van der Waals surface area contributed by atoms with Crippen molar-refractivity contribution in [1.82, 2.24) is 4.90 Å². The van der Waals surface area contributed by atoms with E-state index in [4.69, 9.17) is 0 Å². The van der Waals surface area contributed by atoms with Gasteiger partial charge in [0.05, 0.1) is 0 Å². The number of hydrogen-bond donors (Lipinski definition) is 0. The Labute approximate surface area is 89.2 Å². The van der Waals surface area contributed by atoms with Crippen molar-refractivity contribution in [3.8, 4) is 0 Å². The van der Waals surface area contributed by atoms with Crippen molar-refractivity contribution in [3.63, 3.8) is 0 Å². The van der Waals surface area contributed by atoms with Crippen LogP contribution in [0.15, 0.2) is 12.3 Å². The molecule has 0 N–H and O–H groups in total. The van der Waals surface area contributed by atoms with Gasteiger partial charge in [-0.05, 0) is 37.5 Å². The third kappa shape index (κ3) is 3.73. The number of piperidine rings is 1. The first kappa shape index (κ1) is 11.6. The van der Waals surface area contributed by atoms with E-state index in [0.29, 0.717) is 0 Å². The smallest absolute Gasteiger partial charge is 0.0177 e. The van der Waals surface area contributed by atoms with Gasteiger partial charge < -0.3 is 4.90 Å². The van der Waals surface area contributed by atoms with Crippen molar-refractivity contribution in [2.75, 3.05) is 13.1 Å². The summed E-state index contributed by atoms with van der Waals surface area (Å²) in [7, 11) is 0. The summed E-state index contributed by atoms with van der Waals surface area (Å²) in [5.74, 6) is 1.72. The normalized spacial score (nSPS) is 19.0. The lowest BCUT2D eigenvalue weighted by molar-refractivity contribution is 0.229. The Balaban J connectivity index is 2.24. The summed E-state index contributed by atoms with van der Waals surface area (Å²) in [6.45, 7) is 13.6. The molecule has 1 saturated heterocycles. The minimum Gasteiger partial charge on any atom is -0.375 e. The molecule has 0 unspecified atom stereocenters. The first-order chi connectivity index (χ1) is 6.59. The summed E-state index contributed by atoms with van der Waals surface area (Å²) in [6.07, 6.45) is 5.17. The van der Waals surface area contributed by atoms with Gasteiger partial charge in [0.2, 0.25) is 0 Å². The van der Waals surface area contributed by atoms with Crippen LogP contribution >= 0.6 is 0 Å². The molecule has 1 aliphatic rings. The zero-order valence-corrected chi connectivity index (χ0v) is 10.1. The van der Waals surface area contributed by atoms with Gasteiger partial charge in [-0.25, -0.2) is 0 Å². The molecule has 0 atom stereocenters. The molecule has 0 saturated carbocycles. The van der Waals surface area contributed by atoms with Gasteiger partial charge in [-0.3, -0.25) is 0 Å². The van der Waals surface area contributed by atoms with E-state index in [1.165, 1.54) is 44.5 Å². The minimum atomic E-state index is 0.801. The molecule has 1 rings (SSSR count). The number of allylic oxidation sites excluding steroid dienone is 1. The molecule has 0 amide bonds. The number of likely N-dealkylation sites (tertiary alicyclic amines) is 1. The van der Waals surface area contributed by atoms with Crippen molar-refractivity contribution >= 4 is 0 Å². The van der Waals surface area contributed by atoms with E-state index < -0.39 is 0 Å². The number of nitrogens with zero attached hydrogens (tertiary/aromatic N) is 1. The topological polar surface area (TPSA) is 3.24 Å². The first-order valence-corrected chi connectivity index (χ1v) is 6.02. The molecular weight excluding hydrogens is 170 g/mol. The zero-order valence-electron chi connectivity index (χ0n) is 10.1. The van der Waals surface area contributed by atoms with Crippen molar-refractivity contribution in [1.29, 1.82) is 0 Å². The molecule has 14 heavy (non-hydrogen) atoms. The van der Waals surface area contributed by atoms with Gasteiger partial charge in [-0.2, -0.15) is 0 Å². The second kappa shape index (κ2) is 5.43. The molecule has 1 heteroatoms. The minimum absolute atomic E-state index is 0.801. The maximum atomic E-state index is 4.20. The molecule has 0 bridgehead atoms. The fourth-order valence-corrected chi connectivity index (χ4v) is 1.94. The van der Waals surface area contributed by atoms with Gasteiger partial charge >= 0.3 is 0 Å². The first-order valence-electron chi connectivity index (χ1n) is 6.02. The second-order valence-corrected chi connectivity index (χ2v) is 5.17. The van der Waals surface area contributed by atoms with Gasteiger partial charge in [0.25, 0.3) is 0 Å². The molecule has 1 fully saturated rings. The Hall–Kier alpha value is -0.460. The summed E-state index contributed by atoms with van der Waals surface area (Å²) in [4.78, 5) is 2.49. The van der Waals surface area contributed by atoms with E-state index in [1.54, 1.807) is 0 Å². The van der Waals surface area contributed by atoms with E-state index in [1.807, 2.05) is 0 Å². The maximum Gasteiger partial charge on any atom is 0.0177 e. The lowest BCUT2D eigenvalue weighted by Crippen LogP contribution is -2.31. The van der Waals surface area contributed by atoms with Gasteiger partial charge in [0, 0.05) is 18.8 Å². The third-order valence-corrected chi connectivity index (χ3v) is 3.24. The van der Waals surface area contributed by atoms with Gasteiger partial charge in [0.15, 0.2) is 0 Å². The Morgan fingerprint density at radius 1 is 1.36 bits per heavy atom. The highest BCUT2D eigenvalue weighted by atomic mass is 15.1. The highest BCUT2D eigenvalue weighted by Gasteiger charge is 2.16. The van der Waals surface area contributed by atoms with Crippen molar-refractivity contribution in [2.45, 2.75) is 46.5 Å². The molecule has 1 nitrogen and oxygen atoms in total. The lowest BCUT2D eigenvalue weighted by Gasteiger charge is -2.33. The van der Waals surface area contributed by atoms with Crippen LogP contribution in [0.5, 0.6) is 0 Å². The zero-order chi connectivity index (χ0) is 10.6. The van der Waals surface area contributed by atoms with E-state index in [0.717, 1.165) is 11.8 Å². The molecule has 0 aromatic rings. The lowest BCUT2D eigenvalue weighted by atomic mass is 9.98. The predicted molar refractivity (Wildman–Crippen MR) is 63.2 cm³/mol. The highest BCUT2D eigenvalue weighted by Crippen LogP contribution is 2.22. The second-order valence-electron chi connectivity index (χ2n) is 5.17. The Morgan fingerprint density at radius 2 is 1.93 bits per heavy atom. The van der Waals surface area contributed by atoms with Crippen LogP contribution in [0.1, 0.15) is 46.5 Å². The maximum absolute atomic E-state index is 4.20. The summed E-state index contributed by atoms with van der Waals surface area (Å²) < 4.78 is 0. The van der Waals surface area contributed by atoms with Crippen LogP contribution in [-0.2, 0) is 0 Å². The molecule has 0 aliphatic carbocycles. The largest absolute Gasteiger partial charge is 0.375 e. The van der Waals surface area contributed by atoms with Gasteiger partial charge in [0.1, 0.15) is 0 Å². The highest BCUT2D eigenvalue weighted by molar-refractivity contribution is 4.95. The molecule has 0 aromatic heterocycles. The summed E-state index contributed by atoms with van der Waals surface area (Å²) in [5.41, 5.74) is 1.37. The average Bonchev–Trinajstić information content (AvgIpc) is 2.15. The predicted octanol–water partition coefficient (Wildman–Crippen LogP) is 3.67. The average molecular weight is 195 g/mol. The molecule has 1 aliphatic heterocycles. The molecule has 0 spiro atoms. The third-order valence-electron chi connectivity index (χ3n) is 3.24. The van der Waals surface area contributed by atoms with Crippen molar-refractivity contribution in [3.05, 3.63) is 12.3 Å². The monoisotopic (exact) mass is 195 g/mol. The summed E-state index contributed by atoms with van der Waals surface area (Å²) in [5, 5.41) is 0. The molecule has 0 aromatic carbocycles. The quantitative estimate of drug-likeness (QED) is 0.661. The molecule has 1 heterocycles. The standard InChI is InChI=1S/C13H25N/c1-11(2)5-6-13(4)14-9-7-12(3)8-10-14/h11-12H,4-10H2,1-3H3. The van der Waals surface area contributed by atoms with Crippen LogP contribution in [0.25, 0.3) is 0 Å². The fraction of sp³-hybridized carbons (Fsp3) is 0.846. The Kier molecular flexibility index (Phi) is 4.50. The fourth-order valence-electron chi connectivity index (χ4n) is 1.94. The summed E-state index contributed by atoms with van der Waals surface area (Å²) >= 11 is 0. The van der Waals surface area contributed by atoms with E-state index in [-0.39, 0.29) is 0 Å².